The Kier molecular flexibility index (Phi) is 6.99. The Morgan fingerprint density at radius 1 is 1.07 bits per heavy atom. The van der Waals surface area contributed by atoms with Crippen LogP contribution in [-0.2, 0) is 10.0 Å². The molecule has 0 aliphatic carbocycles. The molecule has 0 fully saturated rings. The minimum atomic E-state index is -3.60. The van der Waals surface area contributed by atoms with Crippen LogP contribution in [0, 0.1) is 0 Å². The molecule has 0 unspecified atom stereocenters. The first-order chi connectivity index (χ1) is 14.3. The number of hydrogen-bond donors (Lipinski definition) is 3. The quantitative estimate of drug-likeness (QED) is 0.451. The van der Waals surface area contributed by atoms with Gasteiger partial charge in [0.05, 0.1) is 10.6 Å². The number of aromatic hydroxyl groups is 1. The molecule has 30 heavy (non-hydrogen) atoms. The number of phenolic OH excluding ortho intramolecular Hbond substituents is 1. The van der Waals surface area contributed by atoms with Crippen molar-refractivity contribution < 1.29 is 13.5 Å². The molecular formula is C21H25N5O3S. The summed E-state index contributed by atoms with van der Waals surface area (Å²) >= 11 is 0. The first-order valence-corrected chi connectivity index (χ1v) is 11.0. The van der Waals surface area contributed by atoms with Crippen molar-refractivity contribution in [3.8, 4) is 17.0 Å². The van der Waals surface area contributed by atoms with Crippen LogP contribution in [0.3, 0.4) is 0 Å². The summed E-state index contributed by atoms with van der Waals surface area (Å²) in [7, 11) is 0.292. The van der Waals surface area contributed by atoms with E-state index in [0.717, 1.165) is 18.5 Å². The zero-order valence-corrected chi connectivity index (χ0v) is 17.7. The second kappa shape index (κ2) is 9.66. The van der Waals surface area contributed by atoms with Crippen LogP contribution in [0.1, 0.15) is 6.42 Å². The van der Waals surface area contributed by atoms with Gasteiger partial charge in [0.15, 0.2) is 0 Å². The number of benzene rings is 2. The largest absolute Gasteiger partial charge is 0.508 e. The molecule has 3 aromatic rings. The van der Waals surface area contributed by atoms with Crippen LogP contribution in [0.4, 0.5) is 11.6 Å². The van der Waals surface area contributed by atoms with Crippen molar-refractivity contribution in [3.05, 3.63) is 60.8 Å². The van der Waals surface area contributed by atoms with Gasteiger partial charge in [-0.25, -0.2) is 23.1 Å². The lowest BCUT2D eigenvalue weighted by Gasteiger charge is -2.11. The number of rotatable bonds is 9. The lowest BCUT2D eigenvalue weighted by atomic mass is 10.1. The van der Waals surface area contributed by atoms with E-state index in [1.54, 1.807) is 60.8 Å². The van der Waals surface area contributed by atoms with Gasteiger partial charge < -0.3 is 15.3 Å². The fourth-order valence-corrected chi connectivity index (χ4v) is 3.89. The number of nitrogens with zero attached hydrogens (tertiary/aromatic N) is 3. The van der Waals surface area contributed by atoms with Crippen LogP contribution in [0.15, 0.2) is 65.7 Å². The van der Waals surface area contributed by atoms with Gasteiger partial charge in [-0.3, -0.25) is 0 Å². The van der Waals surface area contributed by atoms with Gasteiger partial charge in [-0.05, 0) is 75.6 Å². The average molecular weight is 428 g/mol. The molecule has 0 saturated carbocycles. The second-order valence-electron chi connectivity index (χ2n) is 7.02. The molecule has 0 atom stereocenters. The Morgan fingerprint density at radius 3 is 2.57 bits per heavy atom. The number of sulfonamides is 1. The SMILES string of the molecule is CN(C)CCCNS(=O)(=O)c1cccc(Nc2nccc(-c3ccc(O)cc3)n2)c1. The fraction of sp³-hybridized carbons (Fsp3) is 0.238. The van der Waals surface area contributed by atoms with Crippen molar-refractivity contribution in [1.29, 1.82) is 0 Å². The smallest absolute Gasteiger partial charge is 0.240 e. The summed E-state index contributed by atoms with van der Waals surface area (Å²) in [5.41, 5.74) is 2.07. The number of anilines is 2. The molecular weight excluding hydrogens is 402 g/mol. The predicted molar refractivity (Wildman–Crippen MR) is 117 cm³/mol. The molecule has 0 spiro atoms. The van der Waals surface area contributed by atoms with Gasteiger partial charge in [0.2, 0.25) is 16.0 Å². The highest BCUT2D eigenvalue weighted by molar-refractivity contribution is 7.89. The van der Waals surface area contributed by atoms with E-state index < -0.39 is 10.0 Å². The van der Waals surface area contributed by atoms with E-state index in [9.17, 15) is 13.5 Å². The van der Waals surface area contributed by atoms with E-state index in [1.165, 1.54) is 0 Å². The van der Waals surface area contributed by atoms with Crippen LogP contribution in [-0.4, -0.2) is 55.6 Å². The maximum atomic E-state index is 12.5. The van der Waals surface area contributed by atoms with Gasteiger partial charge in [0.1, 0.15) is 5.75 Å². The molecule has 158 valence electrons. The average Bonchev–Trinajstić information content (AvgIpc) is 2.72. The summed E-state index contributed by atoms with van der Waals surface area (Å²) in [5, 5.41) is 12.5. The van der Waals surface area contributed by atoms with E-state index in [0.29, 0.717) is 23.9 Å². The molecule has 0 aliphatic heterocycles. The zero-order chi connectivity index (χ0) is 21.6. The van der Waals surface area contributed by atoms with Gasteiger partial charge in [-0.1, -0.05) is 6.07 Å². The maximum absolute atomic E-state index is 12.5. The molecule has 0 aliphatic rings. The molecule has 3 N–H and O–H groups in total. The van der Waals surface area contributed by atoms with Crippen molar-refractivity contribution in [2.45, 2.75) is 11.3 Å². The highest BCUT2D eigenvalue weighted by Gasteiger charge is 2.14. The third-order valence-electron chi connectivity index (χ3n) is 4.29. The van der Waals surface area contributed by atoms with Gasteiger partial charge in [0.25, 0.3) is 0 Å². The molecule has 9 heteroatoms. The number of phenols is 1. The summed E-state index contributed by atoms with van der Waals surface area (Å²) < 4.78 is 27.7. The standard InChI is InChI=1S/C21H25N5O3S/c1-26(2)14-4-12-23-30(28,29)19-6-3-5-17(15-19)24-21-22-13-11-20(25-21)16-7-9-18(27)10-8-16/h3,5-11,13,15,23,27H,4,12,14H2,1-2H3,(H,22,24,25). The molecule has 0 saturated heterocycles. The summed E-state index contributed by atoms with van der Waals surface area (Å²) in [6.07, 6.45) is 2.34. The molecule has 0 bridgehead atoms. The molecule has 8 nitrogen and oxygen atoms in total. The molecule has 3 rings (SSSR count). The summed E-state index contributed by atoms with van der Waals surface area (Å²) in [4.78, 5) is 10.8. The van der Waals surface area contributed by atoms with E-state index in [1.807, 2.05) is 19.0 Å². The van der Waals surface area contributed by atoms with Gasteiger partial charge in [0, 0.05) is 24.0 Å². The zero-order valence-electron chi connectivity index (χ0n) is 16.9. The number of nitrogens with one attached hydrogen (secondary N) is 2. The van der Waals surface area contributed by atoms with Crippen LogP contribution in [0.25, 0.3) is 11.3 Å². The van der Waals surface area contributed by atoms with E-state index >= 15 is 0 Å². The van der Waals surface area contributed by atoms with Crippen LogP contribution in [0.5, 0.6) is 5.75 Å². The normalized spacial score (nSPS) is 11.6. The second-order valence-corrected chi connectivity index (χ2v) is 8.79. The Morgan fingerprint density at radius 2 is 1.83 bits per heavy atom. The van der Waals surface area contributed by atoms with Gasteiger partial charge in [-0.2, -0.15) is 0 Å². The van der Waals surface area contributed by atoms with Crippen molar-refractivity contribution in [3.63, 3.8) is 0 Å². The Hall–Kier alpha value is -3.01. The van der Waals surface area contributed by atoms with Gasteiger partial charge >= 0.3 is 0 Å². The van der Waals surface area contributed by atoms with Crippen LogP contribution in [0.2, 0.25) is 0 Å². The first kappa shape index (κ1) is 21.7. The Balaban J connectivity index is 1.72. The molecule has 0 radical (unpaired) electrons. The van der Waals surface area contributed by atoms with Crippen molar-refractivity contribution in [2.75, 3.05) is 32.5 Å². The lowest BCUT2D eigenvalue weighted by Crippen LogP contribution is -2.27. The van der Waals surface area contributed by atoms with Crippen LogP contribution < -0.4 is 10.0 Å². The number of hydrogen-bond acceptors (Lipinski definition) is 7. The van der Waals surface area contributed by atoms with E-state index in [-0.39, 0.29) is 10.6 Å². The molecule has 2 aromatic carbocycles. The minimum Gasteiger partial charge on any atom is -0.508 e. The monoisotopic (exact) mass is 427 g/mol. The molecule has 1 heterocycles. The van der Waals surface area contributed by atoms with Crippen molar-refractivity contribution in [2.24, 2.45) is 0 Å². The Labute approximate surface area is 176 Å². The van der Waals surface area contributed by atoms with E-state index in [2.05, 4.69) is 20.0 Å². The highest BCUT2D eigenvalue weighted by Crippen LogP contribution is 2.22. The lowest BCUT2D eigenvalue weighted by molar-refractivity contribution is 0.400. The molecule has 0 amide bonds. The molecule has 1 aromatic heterocycles. The fourth-order valence-electron chi connectivity index (χ4n) is 2.77. The third kappa shape index (κ3) is 5.99. The van der Waals surface area contributed by atoms with E-state index in [4.69, 9.17) is 0 Å². The number of aromatic nitrogens is 2. The van der Waals surface area contributed by atoms with Gasteiger partial charge in [-0.15, -0.1) is 0 Å². The Bertz CT molecular complexity index is 1090. The van der Waals surface area contributed by atoms with Crippen molar-refractivity contribution >= 4 is 21.7 Å². The summed E-state index contributed by atoms with van der Waals surface area (Å²) in [6, 6.07) is 15.0. The minimum absolute atomic E-state index is 0.173. The summed E-state index contributed by atoms with van der Waals surface area (Å²) in [6.45, 7) is 1.18. The van der Waals surface area contributed by atoms with Crippen LogP contribution >= 0.6 is 0 Å². The summed E-state index contributed by atoms with van der Waals surface area (Å²) in [5.74, 6) is 0.522. The predicted octanol–water partition coefficient (Wildman–Crippen LogP) is 2.82. The first-order valence-electron chi connectivity index (χ1n) is 9.47. The van der Waals surface area contributed by atoms with Crippen molar-refractivity contribution in [1.82, 2.24) is 19.6 Å². The highest BCUT2D eigenvalue weighted by atomic mass is 32.2. The topological polar surface area (TPSA) is 107 Å². The maximum Gasteiger partial charge on any atom is 0.240 e. The third-order valence-corrected chi connectivity index (χ3v) is 5.75.